The zero-order valence-electron chi connectivity index (χ0n) is 16.1. The maximum absolute atomic E-state index is 12.9. The zero-order valence-corrected chi connectivity index (χ0v) is 17.7. The van der Waals surface area contributed by atoms with Crippen molar-refractivity contribution in [3.05, 3.63) is 70.0 Å². The summed E-state index contributed by atoms with van der Waals surface area (Å²) in [4.78, 5) is 24.0. The maximum Gasteiger partial charge on any atom is 0.331 e. The van der Waals surface area contributed by atoms with Crippen molar-refractivity contribution in [3.63, 3.8) is 0 Å². The van der Waals surface area contributed by atoms with E-state index in [2.05, 4.69) is 21.2 Å². The Bertz CT molecular complexity index is 870. The first-order chi connectivity index (χ1) is 13.1. The molecule has 2 aromatic carbocycles. The third-order valence-electron chi connectivity index (χ3n) is 3.64. The van der Waals surface area contributed by atoms with Crippen molar-refractivity contribution in [1.82, 2.24) is 0 Å². The number of aryl methyl sites for hydroxylation is 1. The minimum Gasteiger partial charge on any atom is -0.457 e. The van der Waals surface area contributed by atoms with Crippen molar-refractivity contribution in [3.8, 4) is 0 Å². The second-order valence-electron chi connectivity index (χ2n) is 7.28. The van der Waals surface area contributed by atoms with E-state index in [0.29, 0.717) is 12.1 Å². The molecule has 0 spiro atoms. The summed E-state index contributed by atoms with van der Waals surface area (Å²) < 4.78 is 18.9. The number of nitrogens with one attached hydrogen (secondary N) is 1. The molecule has 0 atom stereocenters. The lowest BCUT2D eigenvalue weighted by Crippen LogP contribution is -2.22. The van der Waals surface area contributed by atoms with Gasteiger partial charge in [-0.05, 0) is 84.6 Å². The predicted molar refractivity (Wildman–Crippen MR) is 112 cm³/mol. The van der Waals surface area contributed by atoms with Crippen LogP contribution in [0.5, 0.6) is 0 Å². The van der Waals surface area contributed by atoms with Gasteiger partial charge in [0.25, 0.3) is 0 Å². The van der Waals surface area contributed by atoms with Crippen LogP contribution < -0.4 is 5.32 Å². The fourth-order valence-electron chi connectivity index (χ4n) is 2.36. The Balaban J connectivity index is 1.97. The van der Waals surface area contributed by atoms with E-state index >= 15 is 0 Å². The summed E-state index contributed by atoms with van der Waals surface area (Å²) in [6.45, 7) is 5.41. The minimum absolute atomic E-state index is 0.154. The summed E-state index contributed by atoms with van der Waals surface area (Å²) in [5.41, 5.74) is 1.70. The van der Waals surface area contributed by atoms with Crippen LogP contribution in [0.25, 0.3) is 6.08 Å². The van der Waals surface area contributed by atoms with E-state index < -0.39 is 11.6 Å². The van der Waals surface area contributed by atoms with E-state index in [1.54, 1.807) is 51.1 Å². The summed E-state index contributed by atoms with van der Waals surface area (Å²) in [5.74, 6) is -0.882. The molecule has 1 amide bonds. The largest absolute Gasteiger partial charge is 0.457 e. The highest BCUT2D eigenvalue weighted by molar-refractivity contribution is 9.10. The Morgan fingerprint density at radius 3 is 2.46 bits per heavy atom. The third-order valence-corrected chi connectivity index (χ3v) is 4.33. The Morgan fingerprint density at radius 2 is 1.82 bits per heavy atom. The molecule has 0 heterocycles. The first kappa shape index (κ1) is 21.8. The van der Waals surface area contributed by atoms with Crippen LogP contribution in [-0.2, 0) is 20.7 Å². The van der Waals surface area contributed by atoms with E-state index in [1.165, 1.54) is 18.2 Å². The van der Waals surface area contributed by atoms with Crippen LogP contribution in [0.15, 0.2) is 53.0 Å². The van der Waals surface area contributed by atoms with Gasteiger partial charge in [0.1, 0.15) is 11.4 Å². The van der Waals surface area contributed by atoms with Gasteiger partial charge in [-0.15, -0.1) is 0 Å². The summed E-state index contributed by atoms with van der Waals surface area (Å²) in [6, 6.07) is 11.5. The summed E-state index contributed by atoms with van der Waals surface area (Å²) in [5, 5.41) is 2.85. The van der Waals surface area contributed by atoms with Gasteiger partial charge < -0.3 is 10.1 Å². The average Bonchev–Trinajstić information content (AvgIpc) is 2.60. The SMILES string of the molecule is CC(C)(C)OC(=O)/C=C/c1ccc(Br)c(NC(=O)CCc2ccc(F)cc2)c1. The molecule has 1 N–H and O–H groups in total. The lowest BCUT2D eigenvalue weighted by Gasteiger charge is -2.17. The molecule has 148 valence electrons. The zero-order chi connectivity index (χ0) is 20.7. The van der Waals surface area contributed by atoms with Crippen molar-refractivity contribution >= 4 is 39.6 Å². The second kappa shape index (κ2) is 9.64. The lowest BCUT2D eigenvalue weighted by molar-refractivity contribution is -0.148. The number of carbonyl (C=O) groups is 2. The van der Waals surface area contributed by atoms with Gasteiger partial charge >= 0.3 is 5.97 Å². The van der Waals surface area contributed by atoms with Crippen molar-refractivity contribution in [2.45, 2.75) is 39.2 Å². The van der Waals surface area contributed by atoms with Crippen LogP contribution in [0.1, 0.15) is 38.3 Å². The highest BCUT2D eigenvalue weighted by Gasteiger charge is 2.14. The number of benzene rings is 2. The molecule has 6 heteroatoms. The molecule has 0 aliphatic heterocycles. The number of carbonyl (C=O) groups excluding carboxylic acids is 2. The van der Waals surface area contributed by atoms with Crippen molar-refractivity contribution in [2.24, 2.45) is 0 Å². The fraction of sp³-hybridized carbons (Fsp3) is 0.273. The van der Waals surface area contributed by atoms with E-state index in [4.69, 9.17) is 4.74 Å². The Kier molecular flexibility index (Phi) is 7.52. The molecule has 28 heavy (non-hydrogen) atoms. The summed E-state index contributed by atoms with van der Waals surface area (Å²) in [7, 11) is 0. The summed E-state index contributed by atoms with van der Waals surface area (Å²) >= 11 is 3.41. The normalized spacial score (nSPS) is 11.5. The van der Waals surface area contributed by atoms with E-state index in [1.807, 2.05) is 6.07 Å². The molecule has 0 saturated carbocycles. The van der Waals surface area contributed by atoms with E-state index in [-0.39, 0.29) is 18.1 Å². The highest BCUT2D eigenvalue weighted by Crippen LogP contribution is 2.24. The van der Waals surface area contributed by atoms with Gasteiger partial charge in [-0.2, -0.15) is 0 Å². The Morgan fingerprint density at radius 1 is 1.14 bits per heavy atom. The topological polar surface area (TPSA) is 55.4 Å². The number of esters is 1. The quantitative estimate of drug-likeness (QED) is 0.468. The molecule has 0 aliphatic carbocycles. The Hall–Kier alpha value is -2.47. The number of hydrogen-bond acceptors (Lipinski definition) is 3. The second-order valence-corrected chi connectivity index (χ2v) is 8.14. The summed E-state index contributed by atoms with van der Waals surface area (Å²) in [6.07, 6.45) is 3.78. The van der Waals surface area contributed by atoms with Crippen LogP contribution in [0.4, 0.5) is 10.1 Å². The predicted octanol–water partition coefficient (Wildman–Crippen LogP) is 5.51. The lowest BCUT2D eigenvalue weighted by atomic mass is 10.1. The molecule has 0 bridgehead atoms. The number of halogens is 2. The minimum atomic E-state index is -0.551. The fourth-order valence-corrected chi connectivity index (χ4v) is 2.71. The van der Waals surface area contributed by atoms with Crippen LogP contribution in [0, 0.1) is 5.82 Å². The standard InChI is InChI=1S/C22H23BrFNO3/c1-22(2,3)28-21(27)13-8-16-6-11-18(23)19(14-16)25-20(26)12-7-15-4-9-17(24)10-5-15/h4-6,8-11,13-14H,7,12H2,1-3H3,(H,25,26)/b13-8+. The number of anilines is 1. The van der Waals surface area contributed by atoms with Crippen LogP contribution in [0.2, 0.25) is 0 Å². The van der Waals surface area contributed by atoms with E-state index in [9.17, 15) is 14.0 Å². The monoisotopic (exact) mass is 447 g/mol. The molecule has 0 aliphatic rings. The van der Waals surface area contributed by atoms with Gasteiger partial charge in [0, 0.05) is 17.0 Å². The van der Waals surface area contributed by atoms with Crippen LogP contribution >= 0.6 is 15.9 Å². The smallest absolute Gasteiger partial charge is 0.331 e. The number of hydrogen-bond donors (Lipinski definition) is 1. The van der Waals surface area contributed by atoms with Gasteiger partial charge in [0.2, 0.25) is 5.91 Å². The van der Waals surface area contributed by atoms with Crippen molar-refractivity contribution in [2.75, 3.05) is 5.32 Å². The number of ether oxygens (including phenoxy) is 1. The van der Waals surface area contributed by atoms with E-state index in [0.717, 1.165) is 15.6 Å². The number of rotatable bonds is 6. The van der Waals surface area contributed by atoms with Gasteiger partial charge in [0.05, 0.1) is 5.69 Å². The molecule has 0 fully saturated rings. The molecule has 2 aromatic rings. The first-order valence-corrected chi connectivity index (χ1v) is 9.66. The van der Waals surface area contributed by atoms with Crippen molar-refractivity contribution in [1.29, 1.82) is 0 Å². The van der Waals surface area contributed by atoms with Crippen LogP contribution in [-0.4, -0.2) is 17.5 Å². The maximum atomic E-state index is 12.9. The Labute approximate surface area is 172 Å². The van der Waals surface area contributed by atoms with Gasteiger partial charge in [-0.3, -0.25) is 4.79 Å². The molecule has 0 aromatic heterocycles. The molecule has 4 nitrogen and oxygen atoms in total. The van der Waals surface area contributed by atoms with Gasteiger partial charge in [-0.25, -0.2) is 9.18 Å². The molecule has 0 unspecified atom stereocenters. The number of amides is 1. The third kappa shape index (κ3) is 7.64. The molecule has 2 rings (SSSR count). The van der Waals surface area contributed by atoms with Crippen LogP contribution in [0.3, 0.4) is 0 Å². The molecular formula is C22H23BrFNO3. The van der Waals surface area contributed by atoms with Crippen molar-refractivity contribution < 1.29 is 18.7 Å². The molecular weight excluding hydrogens is 425 g/mol. The molecule has 0 saturated heterocycles. The highest BCUT2D eigenvalue weighted by atomic mass is 79.9. The first-order valence-electron chi connectivity index (χ1n) is 8.87. The van der Waals surface area contributed by atoms with Gasteiger partial charge in [0.15, 0.2) is 0 Å². The average molecular weight is 448 g/mol. The van der Waals surface area contributed by atoms with Gasteiger partial charge in [-0.1, -0.05) is 18.2 Å². The molecule has 0 radical (unpaired) electrons.